The fourth-order valence-corrected chi connectivity index (χ4v) is 13.0. The smallest absolute Gasteiger partial charge is 0.109 e. The molecule has 292 valence electrons. The van der Waals surface area contributed by atoms with Crippen molar-refractivity contribution < 1.29 is 24.2 Å². The molecule has 8 rings (SSSR count). The molecule has 0 spiro atoms. The summed E-state index contributed by atoms with van der Waals surface area (Å²) < 4.78 is -1.66. The third-order valence-electron chi connectivity index (χ3n) is 15.6. The summed E-state index contributed by atoms with van der Waals surface area (Å²) in [6, 6.07) is 15.0. The molecule has 7 heteroatoms. The minimum Gasteiger partial charge on any atom is -0.273 e. The van der Waals surface area contributed by atoms with Crippen LogP contribution in [0, 0.1) is 56.3 Å². The molecule has 6 aliphatic carbocycles. The number of hydrogen-bond donors (Lipinski definition) is 0. The van der Waals surface area contributed by atoms with Crippen LogP contribution in [0.2, 0.25) is 0 Å². The van der Waals surface area contributed by atoms with Gasteiger partial charge in [-0.2, -0.15) is 6.08 Å². The van der Waals surface area contributed by atoms with E-state index in [-0.39, 0.29) is 37.9 Å². The van der Waals surface area contributed by atoms with E-state index in [2.05, 4.69) is 141 Å². The Morgan fingerprint density at radius 1 is 0.643 bits per heavy atom. The summed E-state index contributed by atoms with van der Waals surface area (Å²) in [5.41, 5.74) is 5.14. The van der Waals surface area contributed by atoms with E-state index in [1.165, 1.54) is 33.0 Å². The van der Waals surface area contributed by atoms with Gasteiger partial charge in [0, 0.05) is 10.8 Å². The van der Waals surface area contributed by atoms with E-state index in [0.717, 1.165) is 17.5 Å². The van der Waals surface area contributed by atoms with Crippen LogP contribution >= 0.6 is 69.6 Å². The van der Waals surface area contributed by atoms with Crippen molar-refractivity contribution in [2.24, 2.45) is 43.8 Å². The minimum atomic E-state index is -1.41. The Morgan fingerprint density at radius 3 is 1.50 bits per heavy atom. The molecular weight excluding hydrogens is 892 g/mol. The Hall–Kier alpha value is -1.15. The molecular formula is C49H50Cl6Zr. The molecule has 0 aromatic heterocycles. The number of alkyl halides is 6. The monoisotopic (exact) mass is 938 g/mol. The van der Waals surface area contributed by atoms with Crippen LogP contribution in [0.3, 0.4) is 0 Å². The number of halogens is 6. The second-order valence-corrected chi connectivity index (χ2v) is 23.0. The molecule has 8 unspecified atom stereocenters. The molecule has 2 aromatic rings. The zero-order valence-corrected chi connectivity index (χ0v) is 40.3. The molecule has 0 N–H and O–H groups in total. The standard InChI is InChI=1S/C29H37.C15H8Cl6.C5H5.Zr/c1-21-14-13-15-22-20-27(6)25(4)18-10-9-16-23(25,2)24(3)17-11-12-19-26(24,5)29(27,8)28(21,22)7;16-14(17,18)12-5-1-10(2-6-12)9-11-3-7-13(8-4-11)15(19,20)21;1-2-4-5-3-1;/h9-20,22H,1-8H3;1-8H;1-3H,4H2;/q-1;;-1;+2. The summed E-state index contributed by atoms with van der Waals surface area (Å²) >= 11 is 36.4. The molecule has 0 amide bonds. The van der Waals surface area contributed by atoms with Gasteiger partial charge >= 0.3 is 175 Å². The molecule has 6 aliphatic rings. The Balaban J connectivity index is 0.000000174. The number of allylic oxidation sites excluding steroid dienone is 16. The zero-order valence-electron chi connectivity index (χ0n) is 33.3. The van der Waals surface area contributed by atoms with Crippen molar-refractivity contribution in [3.63, 3.8) is 0 Å². The van der Waals surface area contributed by atoms with Gasteiger partial charge in [0.05, 0.1) is 0 Å². The van der Waals surface area contributed by atoms with Gasteiger partial charge in [-0.25, -0.2) is 12.2 Å². The summed E-state index contributed by atoms with van der Waals surface area (Å²) in [6.45, 7) is 20.3. The van der Waals surface area contributed by atoms with Gasteiger partial charge in [0.15, 0.2) is 0 Å². The molecule has 2 fully saturated rings. The van der Waals surface area contributed by atoms with E-state index in [1.54, 1.807) is 0 Å². The topological polar surface area (TPSA) is 0 Å². The second kappa shape index (κ2) is 15.4. The van der Waals surface area contributed by atoms with Crippen LogP contribution in [-0.2, 0) is 31.8 Å². The van der Waals surface area contributed by atoms with Gasteiger partial charge in [-0.15, -0.1) is 23.8 Å². The first-order chi connectivity index (χ1) is 26.0. The first kappa shape index (κ1) is 44.4. The van der Waals surface area contributed by atoms with Gasteiger partial charge in [0.2, 0.25) is 0 Å². The summed E-state index contributed by atoms with van der Waals surface area (Å²) in [5.74, 6) is 0.460. The Morgan fingerprint density at radius 2 is 1.09 bits per heavy atom. The molecule has 0 radical (unpaired) electrons. The van der Waals surface area contributed by atoms with E-state index in [4.69, 9.17) is 69.6 Å². The van der Waals surface area contributed by atoms with Crippen molar-refractivity contribution in [3.05, 3.63) is 174 Å². The molecule has 0 aliphatic heterocycles. The minimum absolute atomic E-state index is 0.00615. The van der Waals surface area contributed by atoms with Gasteiger partial charge in [-0.1, -0.05) is 115 Å². The summed E-state index contributed by atoms with van der Waals surface area (Å²) in [7, 11) is 0. The van der Waals surface area contributed by atoms with Crippen molar-refractivity contribution in [1.82, 2.24) is 0 Å². The van der Waals surface area contributed by atoms with E-state index in [1.807, 2.05) is 60.7 Å². The van der Waals surface area contributed by atoms with Crippen LogP contribution in [0.1, 0.15) is 84.1 Å². The number of rotatable bonds is 2. The zero-order chi connectivity index (χ0) is 41.2. The predicted octanol–water partition coefficient (Wildman–Crippen LogP) is 15.4. The molecule has 2 aromatic carbocycles. The molecule has 0 bridgehead atoms. The molecule has 2 saturated carbocycles. The summed E-state index contributed by atoms with van der Waals surface area (Å²) in [4.78, 5) is 0. The number of hydrogen-bond acceptors (Lipinski definition) is 0. The molecule has 0 heterocycles. The van der Waals surface area contributed by atoms with Crippen molar-refractivity contribution in [2.75, 3.05) is 0 Å². The fraction of sp³-hybridized carbons (Fsp3) is 0.388. The quantitative estimate of drug-likeness (QED) is 0.208. The van der Waals surface area contributed by atoms with Gasteiger partial charge in [-0.3, -0.25) is 6.08 Å². The maximum absolute atomic E-state index is 5.86. The SMILES string of the molecule is CC1=CC=CC2[CH-]C3(C)C4(C)C=CC=CC4(C)C4(C)C=CC=CC4(C)C3(C)C12C.ClC(Cl)(Cl)c1ccc([C](=[Zr+2])c2ccc(C(Cl)(Cl)Cl)cc2)cc1.[C-]1=CC=CC1. The largest absolute Gasteiger partial charge is 0.273 e. The van der Waals surface area contributed by atoms with Crippen LogP contribution in [0.5, 0.6) is 0 Å². The van der Waals surface area contributed by atoms with Gasteiger partial charge in [-0.05, 0) is 28.6 Å². The normalized spacial score (nSPS) is 37.0. The number of benzene rings is 2. The maximum Gasteiger partial charge on any atom is -0.109 e. The van der Waals surface area contributed by atoms with E-state index in [0.29, 0.717) is 17.0 Å². The van der Waals surface area contributed by atoms with Crippen LogP contribution in [-0.4, -0.2) is 3.21 Å². The first-order valence-electron chi connectivity index (χ1n) is 19.1. The van der Waals surface area contributed by atoms with Crippen molar-refractivity contribution in [1.29, 1.82) is 0 Å². The Labute approximate surface area is 380 Å². The van der Waals surface area contributed by atoms with Gasteiger partial charge < -0.3 is 6.42 Å². The van der Waals surface area contributed by atoms with E-state index >= 15 is 0 Å². The van der Waals surface area contributed by atoms with E-state index in [9.17, 15) is 0 Å². The third-order valence-corrected chi connectivity index (χ3v) is 18.4. The Kier molecular flexibility index (Phi) is 12.2. The molecule has 0 saturated heterocycles. The van der Waals surface area contributed by atoms with Crippen LogP contribution in [0.25, 0.3) is 0 Å². The Bertz CT molecular complexity index is 2040. The van der Waals surface area contributed by atoms with Crippen LogP contribution in [0.4, 0.5) is 0 Å². The molecule has 8 atom stereocenters. The summed E-state index contributed by atoms with van der Waals surface area (Å²) in [6.07, 6.45) is 39.3. The van der Waals surface area contributed by atoms with E-state index < -0.39 is 7.59 Å². The third kappa shape index (κ3) is 6.50. The van der Waals surface area contributed by atoms with Crippen molar-refractivity contribution >= 4 is 72.8 Å². The average Bonchev–Trinajstić information content (AvgIpc) is 3.80. The maximum atomic E-state index is 5.86. The summed E-state index contributed by atoms with van der Waals surface area (Å²) in [5, 5.41) is 0. The van der Waals surface area contributed by atoms with Crippen molar-refractivity contribution in [3.8, 4) is 0 Å². The van der Waals surface area contributed by atoms with Crippen LogP contribution in [0.15, 0.2) is 139 Å². The van der Waals surface area contributed by atoms with Crippen LogP contribution < -0.4 is 0 Å². The van der Waals surface area contributed by atoms with Gasteiger partial charge in [0.1, 0.15) is 0 Å². The van der Waals surface area contributed by atoms with Crippen molar-refractivity contribution in [2.45, 2.75) is 69.4 Å². The second-order valence-electron chi connectivity index (χ2n) is 17.2. The average molecular weight is 943 g/mol. The molecule has 0 nitrogen and oxygen atoms in total. The number of fused-ring (bicyclic) bond motifs is 8. The predicted molar refractivity (Wildman–Crippen MR) is 240 cm³/mol. The fourth-order valence-electron chi connectivity index (χ4n) is 11.4. The first-order valence-corrected chi connectivity index (χ1v) is 22.6. The molecule has 56 heavy (non-hydrogen) atoms. The van der Waals surface area contributed by atoms with Gasteiger partial charge in [0.25, 0.3) is 0 Å².